The van der Waals surface area contributed by atoms with E-state index in [-0.39, 0.29) is 46.9 Å². The number of hydrogen-bond donors (Lipinski definition) is 2. The minimum Gasteiger partial charge on any atom is -0.421 e. The normalized spacial score (nSPS) is 11.7. The lowest BCUT2D eigenvalue weighted by Crippen LogP contribution is -2.33. The van der Waals surface area contributed by atoms with Crippen LogP contribution in [0.4, 0.5) is 21.5 Å². The molecule has 10 nitrogen and oxygen atoms in total. The summed E-state index contributed by atoms with van der Waals surface area (Å²) in [5, 5.41) is 5.64. The Balaban J connectivity index is 2.07. The number of nitrogens with zero attached hydrogens (tertiary/aromatic N) is 2. The van der Waals surface area contributed by atoms with Crippen LogP contribution >= 0.6 is 0 Å². The van der Waals surface area contributed by atoms with Gasteiger partial charge in [-0.1, -0.05) is 18.2 Å². The number of pyridine rings is 1. The van der Waals surface area contributed by atoms with Crippen molar-refractivity contribution in [3.63, 3.8) is 0 Å². The van der Waals surface area contributed by atoms with Gasteiger partial charge in [0.15, 0.2) is 5.58 Å². The van der Waals surface area contributed by atoms with Gasteiger partial charge in [-0.25, -0.2) is 21.9 Å². The predicted molar refractivity (Wildman–Crippen MR) is 158 cm³/mol. The lowest BCUT2D eigenvalue weighted by molar-refractivity contribution is -0.114. The maximum absolute atomic E-state index is 14.9. The quantitative estimate of drug-likeness (QED) is 0.317. The molecule has 4 aromatic rings. The summed E-state index contributed by atoms with van der Waals surface area (Å²) in [7, 11) is -2.12. The largest absolute Gasteiger partial charge is 0.421 e. The highest BCUT2D eigenvalue weighted by Crippen LogP contribution is 2.36. The van der Waals surface area contributed by atoms with Gasteiger partial charge in [0.2, 0.25) is 15.9 Å². The summed E-state index contributed by atoms with van der Waals surface area (Å²) in [6.45, 7) is 6.21. The van der Waals surface area contributed by atoms with E-state index >= 15 is 0 Å². The maximum atomic E-state index is 14.9. The van der Waals surface area contributed by atoms with Gasteiger partial charge in [0.1, 0.15) is 11.2 Å². The van der Waals surface area contributed by atoms with Gasteiger partial charge in [-0.05, 0) is 56.2 Å². The number of benzene rings is 2. The first kappa shape index (κ1) is 29.7. The summed E-state index contributed by atoms with van der Waals surface area (Å²) in [5.41, 5.74) is 1.40. The third-order valence-corrected chi connectivity index (χ3v) is 8.18. The van der Waals surface area contributed by atoms with Crippen LogP contribution in [0, 0.1) is 26.6 Å². The standard InChI is InChI=1S/C29H31FN4O6S/c1-16-10-11-23(22(30)14-16)32-26-17(2)29(37)40-27-24(20-8-7-9-21(15-20)31-19(4)35)18(3)34(28(36)25(26)27)13-12-33(5)41(6,38)39/h7-11,14-15,32H,12-13H2,1-6H3,(H,31,35). The predicted octanol–water partition coefficient (Wildman–Crippen LogP) is 4.28. The average molecular weight is 583 g/mol. The molecule has 41 heavy (non-hydrogen) atoms. The molecule has 0 unspecified atom stereocenters. The Labute approximate surface area is 236 Å². The van der Waals surface area contributed by atoms with Crippen molar-refractivity contribution in [1.29, 1.82) is 0 Å². The number of carbonyl (C=O) groups excluding carboxylic acids is 1. The Morgan fingerprint density at radius 2 is 1.80 bits per heavy atom. The number of amides is 1. The zero-order chi connectivity index (χ0) is 30.2. The number of aryl methyl sites for hydroxylation is 1. The Kier molecular flexibility index (Phi) is 8.18. The molecule has 2 heterocycles. The summed E-state index contributed by atoms with van der Waals surface area (Å²) in [6, 6.07) is 11.3. The zero-order valence-electron chi connectivity index (χ0n) is 23.6. The molecule has 0 aliphatic carbocycles. The molecular formula is C29H31FN4O6S. The second-order valence-corrected chi connectivity index (χ2v) is 12.1. The molecule has 0 atom stereocenters. The third kappa shape index (κ3) is 6.08. The Bertz CT molecular complexity index is 1910. The number of hydrogen-bond acceptors (Lipinski definition) is 7. The molecule has 216 valence electrons. The van der Waals surface area contributed by atoms with Gasteiger partial charge in [0.05, 0.1) is 23.2 Å². The number of fused-ring (bicyclic) bond motifs is 1. The number of aromatic nitrogens is 1. The van der Waals surface area contributed by atoms with Crippen LogP contribution < -0.4 is 21.8 Å². The number of likely N-dealkylation sites (N-methyl/N-ethyl adjacent to an activating group) is 1. The minimum absolute atomic E-state index is 0.00499. The van der Waals surface area contributed by atoms with Crippen molar-refractivity contribution >= 4 is 44.0 Å². The average Bonchev–Trinajstić information content (AvgIpc) is 2.87. The van der Waals surface area contributed by atoms with Gasteiger partial charge in [0, 0.05) is 44.0 Å². The van der Waals surface area contributed by atoms with E-state index in [9.17, 15) is 27.2 Å². The summed E-state index contributed by atoms with van der Waals surface area (Å²) in [4.78, 5) is 38.8. The van der Waals surface area contributed by atoms with E-state index < -0.39 is 27.0 Å². The Morgan fingerprint density at radius 1 is 1.10 bits per heavy atom. The lowest BCUT2D eigenvalue weighted by Gasteiger charge is -2.21. The maximum Gasteiger partial charge on any atom is 0.341 e. The summed E-state index contributed by atoms with van der Waals surface area (Å²) in [5.74, 6) is -0.859. The fourth-order valence-electron chi connectivity index (χ4n) is 4.57. The molecule has 2 N–H and O–H groups in total. The second-order valence-electron chi connectivity index (χ2n) is 9.97. The van der Waals surface area contributed by atoms with Crippen molar-refractivity contribution in [3.8, 4) is 11.1 Å². The molecule has 2 aromatic carbocycles. The number of sulfonamides is 1. The molecule has 0 fully saturated rings. The van der Waals surface area contributed by atoms with E-state index in [1.54, 1.807) is 44.2 Å². The van der Waals surface area contributed by atoms with E-state index in [0.29, 0.717) is 28.1 Å². The summed E-state index contributed by atoms with van der Waals surface area (Å²) >= 11 is 0. The molecule has 0 radical (unpaired) electrons. The fraction of sp³-hybridized carbons (Fsp3) is 0.276. The Hall–Kier alpha value is -4.29. The molecule has 0 aliphatic heterocycles. The minimum atomic E-state index is -3.53. The van der Waals surface area contributed by atoms with Crippen LogP contribution in [0.1, 0.15) is 23.7 Å². The van der Waals surface area contributed by atoms with Gasteiger partial charge in [0.25, 0.3) is 5.56 Å². The summed E-state index contributed by atoms with van der Waals surface area (Å²) in [6.07, 6.45) is 1.07. The van der Waals surface area contributed by atoms with Gasteiger partial charge in [-0.3, -0.25) is 9.59 Å². The van der Waals surface area contributed by atoms with E-state index in [4.69, 9.17) is 4.42 Å². The first-order chi connectivity index (χ1) is 19.2. The number of carbonyl (C=O) groups is 1. The zero-order valence-corrected chi connectivity index (χ0v) is 24.4. The van der Waals surface area contributed by atoms with E-state index in [0.717, 1.165) is 10.6 Å². The van der Waals surface area contributed by atoms with Crippen molar-refractivity contribution in [2.75, 3.05) is 30.5 Å². The molecule has 4 rings (SSSR count). The number of halogens is 1. The molecule has 2 aromatic heterocycles. The molecule has 0 aliphatic rings. The van der Waals surface area contributed by atoms with Crippen molar-refractivity contribution in [2.45, 2.75) is 34.2 Å². The highest BCUT2D eigenvalue weighted by Gasteiger charge is 2.24. The monoisotopic (exact) mass is 582 g/mol. The number of rotatable bonds is 8. The van der Waals surface area contributed by atoms with Crippen LogP contribution in [0.25, 0.3) is 22.1 Å². The molecule has 0 saturated carbocycles. The van der Waals surface area contributed by atoms with Gasteiger partial charge >= 0.3 is 5.63 Å². The Morgan fingerprint density at radius 3 is 2.44 bits per heavy atom. The first-order valence-electron chi connectivity index (χ1n) is 12.7. The van der Waals surface area contributed by atoms with Crippen LogP contribution in [0.15, 0.2) is 56.5 Å². The van der Waals surface area contributed by atoms with Crippen molar-refractivity contribution in [3.05, 3.63) is 85.9 Å². The smallest absolute Gasteiger partial charge is 0.341 e. The molecule has 0 bridgehead atoms. The molecule has 0 saturated heterocycles. The van der Waals surface area contributed by atoms with Crippen LogP contribution in [-0.4, -0.2) is 43.0 Å². The number of nitrogens with one attached hydrogen (secondary N) is 2. The lowest BCUT2D eigenvalue weighted by atomic mass is 9.99. The number of anilines is 3. The van der Waals surface area contributed by atoms with Crippen LogP contribution in [0.2, 0.25) is 0 Å². The summed E-state index contributed by atoms with van der Waals surface area (Å²) < 4.78 is 47.2. The van der Waals surface area contributed by atoms with Gasteiger partial charge < -0.3 is 19.6 Å². The fourth-order valence-corrected chi connectivity index (χ4v) is 4.99. The van der Waals surface area contributed by atoms with E-state index in [1.165, 1.54) is 37.6 Å². The molecule has 12 heteroatoms. The molecular weight excluding hydrogens is 551 g/mol. The van der Waals surface area contributed by atoms with Crippen molar-refractivity contribution in [1.82, 2.24) is 8.87 Å². The van der Waals surface area contributed by atoms with E-state index in [1.807, 2.05) is 0 Å². The second kappa shape index (κ2) is 11.3. The highest BCUT2D eigenvalue weighted by molar-refractivity contribution is 7.88. The van der Waals surface area contributed by atoms with Crippen LogP contribution in [-0.2, 0) is 21.4 Å². The molecule has 0 spiro atoms. The van der Waals surface area contributed by atoms with Crippen LogP contribution in [0.3, 0.4) is 0 Å². The SMILES string of the molecule is CC(=O)Nc1cccc(-c2c(C)n(CCN(C)S(C)(=O)=O)c(=O)c3c(Nc4ccc(C)cc4F)c(C)c(=O)oc23)c1. The van der Waals surface area contributed by atoms with Gasteiger partial charge in [-0.2, -0.15) is 0 Å². The van der Waals surface area contributed by atoms with E-state index in [2.05, 4.69) is 10.6 Å². The molecule has 1 amide bonds. The van der Waals surface area contributed by atoms with Gasteiger partial charge in [-0.15, -0.1) is 0 Å². The third-order valence-electron chi connectivity index (χ3n) is 6.87. The first-order valence-corrected chi connectivity index (χ1v) is 14.6. The topological polar surface area (TPSA) is 131 Å². The highest BCUT2D eigenvalue weighted by atomic mass is 32.2. The van der Waals surface area contributed by atoms with Crippen molar-refractivity contribution < 1.29 is 22.0 Å². The van der Waals surface area contributed by atoms with Crippen molar-refractivity contribution in [2.24, 2.45) is 0 Å². The van der Waals surface area contributed by atoms with Crippen LogP contribution in [0.5, 0.6) is 0 Å².